The molecular formula is C25H24F5N5S. The first-order valence-corrected chi connectivity index (χ1v) is 12.8. The van der Waals surface area contributed by atoms with Crippen LogP contribution in [0, 0.1) is 23.5 Å². The zero-order valence-electron chi connectivity index (χ0n) is 19.2. The highest BCUT2D eigenvalue weighted by atomic mass is 32.2. The molecule has 3 aromatic rings. The predicted octanol–water partition coefficient (Wildman–Crippen LogP) is 5.78. The van der Waals surface area contributed by atoms with E-state index in [-0.39, 0.29) is 35.5 Å². The maximum atomic E-state index is 15.2. The highest BCUT2D eigenvalue weighted by molar-refractivity contribution is 7.97. The van der Waals surface area contributed by atoms with Crippen molar-refractivity contribution in [3.63, 3.8) is 0 Å². The van der Waals surface area contributed by atoms with Crippen LogP contribution in [0.25, 0.3) is 0 Å². The van der Waals surface area contributed by atoms with E-state index < -0.39 is 23.9 Å². The van der Waals surface area contributed by atoms with E-state index in [1.54, 1.807) is 12.7 Å². The second-order valence-corrected chi connectivity index (χ2v) is 11.0. The first-order chi connectivity index (χ1) is 17.3. The number of alkyl halides is 3. The number of rotatable bonds is 5. The van der Waals surface area contributed by atoms with Crippen molar-refractivity contribution in [3.05, 3.63) is 77.9 Å². The van der Waals surface area contributed by atoms with E-state index >= 15 is 8.78 Å². The van der Waals surface area contributed by atoms with Gasteiger partial charge in [0, 0.05) is 54.4 Å². The molecule has 6 rings (SSSR count). The van der Waals surface area contributed by atoms with Crippen LogP contribution in [-0.2, 0) is 6.54 Å². The van der Waals surface area contributed by atoms with Crippen molar-refractivity contribution in [2.24, 2.45) is 11.8 Å². The molecule has 11 heteroatoms. The van der Waals surface area contributed by atoms with Crippen LogP contribution in [0.3, 0.4) is 0 Å². The Hall–Kier alpha value is -2.66. The first kappa shape index (κ1) is 23.7. The molecule has 0 spiro atoms. The Kier molecular flexibility index (Phi) is 5.94. The molecule has 0 radical (unpaired) electrons. The second-order valence-electron chi connectivity index (χ2n) is 9.74. The van der Waals surface area contributed by atoms with Gasteiger partial charge >= 0.3 is 6.18 Å². The summed E-state index contributed by atoms with van der Waals surface area (Å²) in [5, 5.41) is 7.48. The quantitative estimate of drug-likeness (QED) is 0.314. The van der Waals surface area contributed by atoms with Crippen molar-refractivity contribution in [1.29, 1.82) is 0 Å². The minimum Gasteiger partial charge on any atom is -0.368 e. The summed E-state index contributed by atoms with van der Waals surface area (Å²) in [7, 11) is 0. The Bertz CT molecular complexity index is 1210. The van der Waals surface area contributed by atoms with Gasteiger partial charge in [-0.3, -0.25) is 0 Å². The summed E-state index contributed by atoms with van der Waals surface area (Å²) in [5.41, 5.74) is 1.01. The summed E-state index contributed by atoms with van der Waals surface area (Å²) in [6, 6.07) is 10.1. The van der Waals surface area contributed by atoms with Crippen molar-refractivity contribution >= 4 is 17.6 Å². The van der Waals surface area contributed by atoms with Gasteiger partial charge in [-0.25, -0.2) is 13.1 Å². The Labute approximate surface area is 209 Å². The van der Waals surface area contributed by atoms with Crippen molar-refractivity contribution in [2.75, 3.05) is 18.0 Å². The zero-order valence-corrected chi connectivity index (χ0v) is 20.0. The van der Waals surface area contributed by atoms with Crippen LogP contribution in [0.1, 0.15) is 35.3 Å². The molecule has 2 aliphatic heterocycles. The van der Waals surface area contributed by atoms with Crippen LogP contribution in [0.2, 0.25) is 0 Å². The number of aromatic nitrogens is 3. The Morgan fingerprint density at radius 3 is 2.28 bits per heavy atom. The molecule has 190 valence electrons. The third-order valence-corrected chi connectivity index (χ3v) is 8.99. The molecular weight excluding hydrogens is 497 g/mol. The number of benzene rings is 2. The zero-order chi connectivity index (χ0) is 25.0. The normalized spacial score (nSPS) is 28.4. The number of halogens is 5. The van der Waals surface area contributed by atoms with E-state index in [1.165, 1.54) is 4.31 Å². The molecule has 3 fully saturated rings. The summed E-state index contributed by atoms with van der Waals surface area (Å²) < 4.78 is 74.8. The Morgan fingerprint density at radius 1 is 0.917 bits per heavy atom. The van der Waals surface area contributed by atoms with Gasteiger partial charge in [-0.15, -0.1) is 10.2 Å². The van der Waals surface area contributed by atoms with Gasteiger partial charge in [0.15, 0.2) is 0 Å². The summed E-state index contributed by atoms with van der Waals surface area (Å²) in [5.74, 6) is -0.671. The molecule has 3 heterocycles. The van der Waals surface area contributed by atoms with E-state index in [9.17, 15) is 13.2 Å². The van der Waals surface area contributed by atoms with Crippen molar-refractivity contribution in [3.8, 4) is 0 Å². The van der Waals surface area contributed by atoms with Crippen LogP contribution in [0.5, 0.6) is 0 Å². The van der Waals surface area contributed by atoms with Gasteiger partial charge in [0.1, 0.15) is 30.3 Å². The summed E-state index contributed by atoms with van der Waals surface area (Å²) in [6.45, 7) is 0.836. The molecule has 5 nitrogen and oxygen atoms in total. The molecule has 0 unspecified atom stereocenters. The minimum atomic E-state index is -4.46. The van der Waals surface area contributed by atoms with E-state index in [2.05, 4.69) is 10.2 Å². The molecule has 2 saturated heterocycles. The second kappa shape index (κ2) is 9.02. The smallest absolute Gasteiger partial charge is 0.368 e. The van der Waals surface area contributed by atoms with Crippen LogP contribution in [-0.4, -0.2) is 44.4 Å². The average molecular weight is 522 g/mol. The van der Waals surface area contributed by atoms with E-state index in [1.807, 2.05) is 39.8 Å². The number of fused-ring (bicyclic) bond motifs is 1. The molecule has 3 aliphatic rings. The maximum Gasteiger partial charge on any atom is 0.404 e. The lowest BCUT2D eigenvalue weighted by atomic mass is 10.0. The number of nitrogens with zero attached hydrogens (tertiary/aromatic N) is 5. The van der Waals surface area contributed by atoms with Gasteiger partial charge in [0.2, 0.25) is 0 Å². The monoisotopic (exact) mass is 521 g/mol. The van der Waals surface area contributed by atoms with Gasteiger partial charge in [-0.1, -0.05) is 42.3 Å². The predicted molar refractivity (Wildman–Crippen MR) is 126 cm³/mol. The topological polar surface area (TPSA) is 37.2 Å². The highest BCUT2D eigenvalue weighted by Crippen LogP contribution is 2.56. The molecule has 1 aliphatic carbocycles. The molecule has 0 amide bonds. The standard InChI is InChI=1S/C25H24F5N5S/c26-19-9-21(33-11-17-18(12-33)24(17)34-13-31-32-14-34)20(27)8-16(19)10-35-23(25(28,29)30)7-6-22(36-35)15-4-2-1-3-5-15/h1-5,8-9,13-14,17-18,22-24H,6-7,10-12H2/t17-,18+,22-,23+,24+/m0/s1. The van der Waals surface area contributed by atoms with Gasteiger partial charge < -0.3 is 9.47 Å². The SMILES string of the molecule is Fc1cc(N2C[C@@H]3[C@H](C2)[C@H]3n2cnnc2)c(F)cc1CN1S[C@H](c2ccccc2)CC[C@@H]1C(F)(F)F. The van der Waals surface area contributed by atoms with Gasteiger partial charge in [-0.05, 0) is 24.5 Å². The van der Waals surface area contributed by atoms with Crippen molar-refractivity contribution < 1.29 is 22.0 Å². The maximum absolute atomic E-state index is 15.2. The number of piperidine rings is 1. The Balaban J connectivity index is 1.19. The van der Waals surface area contributed by atoms with Gasteiger partial charge in [0.25, 0.3) is 0 Å². The van der Waals surface area contributed by atoms with Crippen LogP contribution < -0.4 is 4.90 Å². The lowest BCUT2D eigenvalue weighted by molar-refractivity contribution is -0.174. The summed E-state index contributed by atoms with van der Waals surface area (Å²) in [6.07, 6.45) is -0.864. The van der Waals surface area contributed by atoms with Crippen LogP contribution >= 0.6 is 11.9 Å². The summed E-state index contributed by atoms with van der Waals surface area (Å²) >= 11 is 1.06. The number of hydrogen-bond donors (Lipinski definition) is 0. The number of hydrogen-bond acceptors (Lipinski definition) is 5. The molecule has 1 aromatic heterocycles. The van der Waals surface area contributed by atoms with E-state index in [0.717, 1.165) is 29.6 Å². The highest BCUT2D eigenvalue weighted by Gasteiger charge is 2.57. The first-order valence-electron chi connectivity index (χ1n) is 11.9. The fourth-order valence-corrected chi connectivity index (χ4v) is 7.15. The minimum absolute atomic E-state index is 0.0709. The lowest BCUT2D eigenvalue weighted by Gasteiger charge is -2.39. The van der Waals surface area contributed by atoms with Gasteiger partial charge in [-0.2, -0.15) is 13.2 Å². The largest absolute Gasteiger partial charge is 0.404 e. The molecule has 0 bridgehead atoms. The van der Waals surface area contributed by atoms with E-state index in [0.29, 0.717) is 31.3 Å². The van der Waals surface area contributed by atoms with Gasteiger partial charge in [0.05, 0.1) is 5.69 Å². The average Bonchev–Trinajstić information content (AvgIpc) is 3.23. The third-order valence-electron chi connectivity index (χ3n) is 7.57. The fourth-order valence-electron chi connectivity index (χ4n) is 5.72. The molecule has 1 saturated carbocycles. The van der Waals surface area contributed by atoms with Crippen LogP contribution in [0.4, 0.5) is 27.6 Å². The van der Waals surface area contributed by atoms with E-state index in [4.69, 9.17) is 0 Å². The van der Waals surface area contributed by atoms with Crippen molar-refractivity contribution in [2.45, 2.75) is 42.9 Å². The lowest BCUT2D eigenvalue weighted by Crippen LogP contribution is -2.44. The van der Waals surface area contributed by atoms with Crippen molar-refractivity contribution in [1.82, 2.24) is 19.1 Å². The molecule has 5 atom stereocenters. The fraction of sp³-hybridized carbons (Fsp3) is 0.440. The third kappa shape index (κ3) is 4.36. The summed E-state index contributed by atoms with van der Waals surface area (Å²) in [4.78, 5) is 1.82. The molecule has 0 N–H and O–H groups in total. The molecule has 36 heavy (non-hydrogen) atoms. The molecule has 2 aromatic carbocycles. The van der Waals surface area contributed by atoms with Crippen LogP contribution in [0.15, 0.2) is 55.1 Å². The Morgan fingerprint density at radius 2 is 1.61 bits per heavy atom. The number of anilines is 1.